The number of hydrogen-bond donors (Lipinski definition) is 0. The van der Waals surface area contributed by atoms with Crippen LogP contribution in [-0.2, 0) is 16.8 Å². The average molecular weight is 358 g/mol. The maximum Gasteiger partial charge on any atom is 0.0835 e. The molecule has 0 aliphatic rings. The minimum absolute atomic E-state index is 0.0551. The lowest BCUT2D eigenvalue weighted by Crippen LogP contribution is -1.93. The molecule has 1 aromatic heterocycles. The quantitative estimate of drug-likeness (QED) is 0.626. The fourth-order valence-electron chi connectivity index (χ4n) is 1.49. The fraction of sp³-hybridized carbons (Fsp3) is 0.0833. The molecule has 1 aromatic carbocycles. The summed E-state index contributed by atoms with van der Waals surface area (Å²) in [7, 11) is 0. The van der Waals surface area contributed by atoms with Crippen LogP contribution < -0.4 is 0 Å². The monoisotopic (exact) mass is 358 g/mol. The van der Waals surface area contributed by atoms with Gasteiger partial charge < -0.3 is 4.55 Å². The fourth-order valence-corrected chi connectivity index (χ4v) is 2.62. The summed E-state index contributed by atoms with van der Waals surface area (Å²) < 4.78 is 22.2. The van der Waals surface area contributed by atoms with Crippen LogP contribution in [0.5, 0.6) is 0 Å². The molecule has 0 radical (unpaired) electrons. The van der Waals surface area contributed by atoms with E-state index in [2.05, 4.69) is 27.6 Å². The molecular weight excluding hydrogens is 349 g/mol. The zero-order valence-corrected chi connectivity index (χ0v) is 11.8. The Hall–Kier alpha value is -0.790. The van der Waals surface area contributed by atoms with Crippen molar-refractivity contribution in [2.24, 2.45) is 0 Å². The lowest BCUT2D eigenvalue weighted by Gasteiger charge is -2.07. The summed E-state index contributed by atoms with van der Waals surface area (Å²) in [5, 5.41) is 0. The van der Waals surface area contributed by atoms with Gasteiger partial charge in [0.2, 0.25) is 0 Å². The highest BCUT2D eigenvalue weighted by Crippen LogP contribution is 2.22. The Morgan fingerprint density at radius 3 is 2.53 bits per heavy atom. The molecule has 2 rings (SSSR count). The second-order valence-corrected chi connectivity index (χ2v) is 5.54. The van der Waals surface area contributed by atoms with Gasteiger partial charge in [-0.2, -0.15) is 0 Å². The topological polar surface area (TPSA) is 53.0 Å². The van der Waals surface area contributed by atoms with Crippen LogP contribution >= 0.6 is 22.6 Å². The van der Waals surface area contributed by atoms with Crippen LogP contribution in [-0.4, -0.2) is 13.7 Å². The van der Waals surface area contributed by atoms with E-state index in [1.165, 1.54) is 0 Å². The normalized spacial score (nSPS) is 12.4. The molecule has 1 atom stereocenters. The summed E-state index contributed by atoms with van der Waals surface area (Å²) in [6.45, 7) is 0. The number of hydrogen-bond acceptors (Lipinski definition) is 3. The average Bonchev–Trinajstić information content (AvgIpc) is 2.30. The van der Waals surface area contributed by atoms with Gasteiger partial charge in [0.25, 0.3) is 0 Å². The minimum Gasteiger partial charge on any atom is -0.772 e. The zero-order valence-electron chi connectivity index (χ0n) is 8.80. The Balaban J connectivity index is 2.30. The molecule has 3 nitrogen and oxygen atoms in total. The van der Waals surface area contributed by atoms with E-state index in [0.717, 1.165) is 20.4 Å². The molecule has 1 unspecified atom stereocenters. The van der Waals surface area contributed by atoms with Crippen LogP contribution in [0.15, 0.2) is 42.6 Å². The first kappa shape index (κ1) is 12.7. The van der Waals surface area contributed by atoms with Crippen LogP contribution in [0.2, 0.25) is 0 Å². The predicted molar refractivity (Wildman–Crippen MR) is 75.0 cm³/mol. The minimum atomic E-state index is -2.04. The van der Waals surface area contributed by atoms with Crippen molar-refractivity contribution in [1.82, 2.24) is 4.98 Å². The van der Waals surface area contributed by atoms with E-state index >= 15 is 0 Å². The van der Waals surface area contributed by atoms with Crippen LogP contribution in [0.25, 0.3) is 11.3 Å². The van der Waals surface area contributed by atoms with Crippen molar-refractivity contribution in [3.05, 3.63) is 51.7 Å². The second kappa shape index (κ2) is 5.70. The molecular formula is C12H9INO2S-. The highest BCUT2D eigenvalue weighted by Gasteiger charge is 2.03. The molecule has 0 saturated carbocycles. The van der Waals surface area contributed by atoms with Crippen molar-refractivity contribution in [1.29, 1.82) is 0 Å². The molecule has 0 N–H and O–H groups in total. The van der Waals surface area contributed by atoms with Gasteiger partial charge in [0.15, 0.2) is 0 Å². The second-order valence-electron chi connectivity index (χ2n) is 3.48. The third-order valence-electron chi connectivity index (χ3n) is 2.27. The number of halogens is 1. The smallest absolute Gasteiger partial charge is 0.0835 e. The SMILES string of the molecule is O=S([O-])Cc1ccc(-c2ncccc2I)cc1. The lowest BCUT2D eigenvalue weighted by atomic mass is 10.1. The molecule has 0 spiro atoms. The number of rotatable bonds is 3. The van der Waals surface area contributed by atoms with Gasteiger partial charge in [0.1, 0.15) is 0 Å². The van der Waals surface area contributed by atoms with Crippen LogP contribution in [0, 0.1) is 3.57 Å². The Bertz CT molecular complexity index is 542. The van der Waals surface area contributed by atoms with Gasteiger partial charge in [-0.05, 0) is 40.3 Å². The van der Waals surface area contributed by atoms with Crippen LogP contribution in [0.1, 0.15) is 5.56 Å². The number of pyridine rings is 1. The summed E-state index contributed by atoms with van der Waals surface area (Å²) in [6.07, 6.45) is 1.75. The van der Waals surface area contributed by atoms with Crippen molar-refractivity contribution in [2.75, 3.05) is 0 Å². The third kappa shape index (κ3) is 3.34. The summed E-state index contributed by atoms with van der Waals surface area (Å²) in [5.41, 5.74) is 2.70. The molecule has 2 aromatic rings. The summed E-state index contributed by atoms with van der Waals surface area (Å²) >= 11 is 0.192. The Labute approximate surface area is 116 Å². The zero-order chi connectivity index (χ0) is 12.3. The molecule has 1 heterocycles. The van der Waals surface area contributed by atoms with Gasteiger partial charge in [0, 0.05) is 21.1 Å². The van der Waals surface area contributed by atoms with E-state index in [1.54, 1.807) is 6.20 Å². The van der Waals surface area contributed by atoms with Gasteiger partial charge in [-0.1, -0.05) is 35.3 Å². The van der Waals surface area contributed by atoms with Crippen LogP contribution in [0.4, 0.5) is 0 Å². The van der Waals surface area contributed by atoms with Crippen molar-refractivity contribution in [3.8, 4) is 11.3 Å². The number of aromatic nitrogens is 1. The third-order valence-corrected chi connectivity index (χ3v) is 3.71. The molecule has 0 fully saturated rings. The highest BCUT2D eigenvalue weighted by atomic mass is 127. The molecule has 0 aliphatic heterocycles. The van der Waals surface area contributed by atoms with E-state index in [4.69, 9.17) is 0 Å². The van der Waals surface area contributed by atoms with Crippen molar-refractivity contribution in [2.45, 2.75) is 5.75 Å². The summed E-state index contributed by atoms with van der Waals surface area (Å²) in [4.78, 5) is 4.31. The largest absolute Gasteiger partial charge is 0.772 e. The maximum atomic E-state index is 10.6. The predicted octanol–water partition coefficient (Wildman–Crippen LogP) is 2.73. The van der Waals surface area contributed by atoms with E-state index in [9.17, 15) is 8.76 Å². The molecule has 17 heavy (non-hydrogen) atoms. The Morgan fingerprint density at radius 1 is 1.24 bits per heavy atom. The van der Waals surface area contributed by atoms with Crippen molar-refractivity contribution < 1.29 is 8.76 Å². The Kier molecular flexibility index (Phi) is 4.25. The Morgan fingerprint density at radius 2 is 1.94 bits per heavy atom. The molecule has 0 aliphatic carbocycles. The van der Waals surface area contributed by atoms with E-state index < -0.39 is 11.1 Å². The highest BCUT2D eigenvalue weighted by molar-refractivity contribution is 14.1. The standard InChI is InChI=1S/C12H10INO2S/c13-11-2-1-7-14-12(11)10-5-3-9(4-6-10)8-17(15)16/h1-7H,8H2,(H,15,16)/p-1. The van der Waals surface area contributed by atoms with E-state index in [-0.39, 0.29) is 5.75 Å². The van der Waals surface area contributed by atoms with Crippen LogP contribution in [0.3, 0.4) is 0 Å². The van der Waals surface area contributed by atoms with Gasteiger partial charge in [-0.25, -0.2) is 0 Å². The summed E-state index contributed by atoms with van der Waals surface area (Å²) in [6, 6.07) is 11.3. The van der Waals surface area contributed by atoms with E-state index in [0.29, 0.717) is 0 Å². The van der Waals surface area contributed by atoms with Crippen molar-refractivity contribution in [3.63, 3.8) is 0 Å². The molecule has 0 saturated heterocycles. The first-order chi connectivity index (χ1) is 8.16. The van der Waals surface area contributed by atoms with E-state index in [1.807, 2.05) is 36.4 Å². The number of nitrogens with zero attached hydrogens (tertiary/aromatic N) is 1. The van der Waals surface area contributed by atoms with Gasteiger partial charge in [-0.3, -0.25) is 9.19 Å². The van der Waals surface area contributed by atoms with Gasteiger partial charge in [0.05, 0.1) is 5.69 Å². The van der Waals surface area contributed by atoms with Crippen molar-refractivity contribution >= 4 is 33.7 Å². The van der Waals surface area contributed by atoms with Gasteiger partial charge >= 0.3 is 0 Å². The molecule has 0 bridgehead atoms. The number of benzene rings is 1. The molecule has 88 valence electrons. The molecule has 0 amide bonds. The maximum absolute atomic E-state index is 10.6. The lowest BCUT2D eigenvalue weighted by molar-refractivity contribution is 0.536. The summed E-state index contributed by atoms with van der Waals surface area (Å²) in [5.74, 6) is 0.0551. The first-order valence-corrected chi connectivity index (χ1v) is 7.25. The molecule has 5 heteroatoms. The van der Waals surface area contributed by atoms with Gasteiger partial charge in [-0.15, -0.1) is 0 Å². The first-order valence-electron chi connectivity index (χ1n) is 4.92.